The van der Waals surface area contributed by atoms with Crippen LogP contribution in [0.5, 0.6) is 0 Å². The summed E-state index contributed by atoms with van der Waals surface area (Å²) in [5, 5.41) is 10.3. The Morgan fingerprint density at radius 2 is 1.95 bits per heavy atom. The Morgan fingerprint density at radius 3 is 2.47 bits per heavy atom. The van der Waals surface area contributed by atoms with Crippen LogP contribution in [0.15, 0.2) is 40.2 Å². The van der Waals surface area contributed by atoms with Gasteiger partial charge in [-0.25, -0.2) is 13.6 Å². The predicted octanol–water partition coefficient (Wildman–Crippen LogP) is 2.91. The van der Waals surface area contributed by atoms with E-state index in [1.807, 2.05) is 17.5 Å². The van der Waals surface area contributed by atoms with Crippen molar-refractivity contribution in [3.8, 4) is 0 Å². The molecule has 0 amide bonds. The van der Waals surface area contributed by atoms with Crippen molar-refractivity contribution in [3.05, 3.63) is 50.6 Å². The maximum atomic E-state index is 11.0. The van der Waals surface area contributed by atoms with Gasteiger partial charge in [0.05, 0.1) is 5.75 Å². The molecule has 19 heavy (non-hydrogen) atoms. The number of nitrogens with two attached hydrogens (primary N) is 1. The number of halogens is 1. The Kier molecular flexibility index (Phi) is 4.62. The topological polar surface area (TPSA) is 72.2 Å². The quantitative estimate of drug-likeness (QED) is 0.860. The molecular weight excluding hydrogens is 348 g/mol. The fraction of sp³-hybridized carbons (Fsp3) is 0.167. The standard InChI is InChI=1S/C12H13BrN2O2S2/c13-10-5-12(18-7-10)6-15-11-3-1-9(2-4-11)8-19(14,16)17/h1-5,7,15H,6,8H2,(H2,14,16,17). The number of anilines is 1. The molecule has 1 aromatic heterocycles. The molecule has 0 unspecified atom stereocenters. The van der Waals surface area contributed by atoms with Crippen LogP contribution < -0.4 is 10.5 Å². The van der Waals surface area contributed by atoms with Crippen LogP contribution >= 0.6 is 27.3 Å². The number of thiophene rings is 1. The van der Waals surface area contributed by atoms with Crippen LogP contribution in [0.25, 0.3) is 0 Å². The summed E-state index contributed by atoms with van der Waals surface area (Å²) >= 11 is 5.08. The summed E-state index contributed by atoms with van der Waals surface area (Å²) < 4.78 is 23.0. The Bertz CT molecular complexity index is 651. The number of rotatable bonds is 5. The summed E-state index contributed by atoms with van der Waals surface area (Å²) in [6.45, 7) is 0.741. The van der Waals surface area contributed by atoms with Crippen LogP contribution in [-0.2, 0) is 22.3 Å². The molecule has 7 heteroatoms. The largest absolute Gasteiger partial charge is 0.380 e. The highest BCUT2D eigenvalue weighted by Gasteiger charge is 2.04. The second kappa shape index (κ2) is 6.04. The van der Waals surface area contributed by atoms with Crippen LogP contribution in [-0.4, -0.2) is 8.42 Å². The first kappa shape index (κ1) is 14.5. The predicted molar refractivity (Wildman–Crippen MR) is 82.6 cm³/mol. The fourth-order valence-corrected chi connectivity index (χ4v) is 3.63. The van der Waals surface area contributed by atoms with Crippen molar-refractivity contribution in [1.29, 1.82) is 0 Å². The molecule has 0 aliphatic rings. The van der Waals surface area contributed by atoms with Gasteiger partial charge in [-0.2, -0.15) is 0 Å². The first-order valence-corrected chi connectivity index (χ1v) is 8.87. The summed E-state index contributed by atoms with van der Waals surface area (Å²) in [5.41, 5.74) is 1.63. The van der Waals surface area contributed by atoms with Gasteiger partial charge >= 0.3 is 0 Å². The van der Waals surface area contributed by atoms with E-state index in [0.29, 0.717) is 5.56 Å². The SMILES string of the molecule is NS(=O)(=O)Cc1ccc(NCc2cc(Br)cs2)cc1. The molecule has 0 radical (unpaired) electrons. The maximum Gasteiger partial charge on any atom is 0.213 e. The fourth-order valence-electron chi connectivity index (χ4n) is 1.59. The van der Waals surface area contributed by atoms with E-state index in [0.717, 1.165) is 16.7 Å². The number of primary sulfonamides is 1. The minimum absolute atomic E-state index is 0.134. The van der Waals surface area contributed by atoms with Crippen molar-refractivity contribution in [2.45, 2.75) is 12.3 Å². The van der Waals surface area contributed by atoms with E-state index in [2.05, 4.69) is 27.3 Å². The molecule has 0 fully saturated rings. The minimum Gasteiger partial charge on any atom is -0.380 e. The summed E-state index contributed by atoms with van der Waals surface area (Å²) in [7, 11) is -3.47. The van der Waals surface area contributed by atoms with Gasteiger partial charge in [-0.3, -0.25) is 0 Å². The zero-order valence-electron chi connectivity index (χ0n) is 9.97. The van der Waals surface area contributed by atoms with Gasteiger partial charge in [0.25, 0.3) is 0 Å². The highest BCUT2D eigenvalue weighted by Crippen LogP contribution is 2.21. The first-order valence-electron chi connectivity index (χ1n) is 5.48. The molecule has 0 saturated carbocycles. The number of hydrogen-bond donors (Lipinski definition) is 2. The van der Waals surface area contributed by atoms with Crippen LogP contribution in [0.1, 0.15) is 10.4 Å². The molecule has 0 saturated heterocycles. The van der Waals surface area contributed by atoms with Crippen LogP contribution in [0, 0.1) is 0 Å². The molecule has 0 bridgehead atoms. The average Bonchev–Trinajstić information content (AvgIpc) is 2.72. The molecule has 2 aromatic rings. The Morgan fingerprint density at radius 1 is 1.26 bits per heavy atom. The zero-order chi connectivity index (χ0) is 13.9. The molecule has 1 heterocycles. The van der Waals surface area contributed by atoms with E-state index >= 15 is 0 Å². The maximum absolute atomic E-state index is 11.0. The molecule has 102 valence electrons. The third-order valence-corrected chi connectivity index (χ3v) is 4.84. The first-order chi connectivity index (χ1) is 8.92. The van der Waals surface area contributed by atoms with E-state index in [9.17, 15) is 8.42 Å². The Hall–Kier alpha value is -0.890. The molecule has 2 rings (SSSR count). The van der Waals surface area contributed by atoms with Crippen LogP contribution in [0.3, 0.4) is 0 Å². The Balaban J connectivity index is 1.95. The number of hydrogen-bond acceptors (Lipinski definition) is 4. The van der Waals surface area contributed by atoms with Crippen molar-refractivity contribution in [2.75, 3.05) is 5.32 Å². The zero-order valence-corrected chi connectivity index (χ0v) is 13.2. The monoisotopic (exact) mass is 360 g/mol. The van der Waals surface area contributed by atoms with E-state index in [-0.39, 0.29) is 5.75 Å². The molecule has 0 spiro atoms. The second-order valence-electron chi connectivity index (χ2n) is 4.09. The molecule has 1 aromatic carbocycles. The lowest BCUT2D eigenvalue weighted by atomic mass is 10.2. The molecule has 0 atom stereocenters. The highest BCUT2D eigenvalue weighted by molar-refractivity contribution is 9.10. The van der Waals surface area contributed by atoms with Crippen LogP contribution in [0.4, 0.5) is 5.69 Å². The number of benzene rings is 1. The van der Waals surface area contributed by atoms with Crippen molar-refractivity contribution in [1.82, 2.24) is 0 Å². The Labute approximate surface area is 124 Å². The molecule has 4 nitrogen and oxygen atoms in total. The lowest BCUT2D eigenvalue weighted by molar-refractivity contribution is 0.597. The van der Waals surface area contributed by atoms with Crippen molar-refractivity contribution in [3.63, 3.8) is 0 Å². The highest BCUT2D eigenvalue weighted by atomic mass is 79.9. The van der Waals surface area contributed by atoms with Gasteiger partial charge in [0, 0.05) is 27.0 Å². The summed E-state index contributed by atoms with van der Waals surface area (Å²) in [5.74, 6) is -0.134. The number of sulfonamides is 1. The second-order valence-corrected chi connectivity index (χ2v) is 7.61. The van der Waals surface area contributed by atoms with Crippen molar-refractivity contribution >= 4 is 43.0 Å². The average molecular weight is 361 g/mol. The third-order valence-electron chi connectivity index (χ3n) is 2.41. The normalized spacial score (nSPS) is 11.5. The van der Waals surface area contributed by atoms with Gasteiger partial charge in [-0.1, -0.05) is 12.1 Å². The minimum atomic E-state index is -3.47. The molecule has 0 aliphatic carbocycles. The van der Waals surface area contributed by atoms with Gasteiger partial charge < -0.3 is 5.32 Å². The van der Waals surface area contributed by atoms with E-state index in [1.54, 1.807) is 23.5 Å². The summed E-state index contributed by atoms with van der Waals surface area (Å²) in [6, 6.07) is 9.29. The van der Waals surface area contributed by atoms with Gasteiger partial charge in [-0.15, -0.1) is 11.3 Å². The van der Waals surface area contributed by atoms with Crippen LogP contribution in [0.2, 0.25) is 0 Å². The van der Waals surface area contributed by atoms with Gasteiger partial charge in [0.2, 0.25) is 10.0 Å². The van der Waals surface area contributed by atoms with Gasteiger partial charge in [0.15, 0.2) is 0 Å². The van der Waals surface area contributed by atoms with Gasteiger partial charge in [-0.05, 0) is 39.7 Å². The van der Waals surface area contributed by atoms with E-state index in [1.165, 1.54) is 4.88 Å². The summed E-state index contributed by atoms with van der Waals surface area (Å²) in [6.07, 6.45) is 0. The lowest BCUT2D eigenvalue weighted by Crippen LogP contribution is -2.14. The molecular formula is C12H13BrN2O2S2. The van der Waals surface area contributed by atoms with Gasteiger partial charge in [0.1, 0.15) is 0 Å². The smallest absolute Gasteiger partial charge is 0.213 e. The lowest BCUT2D eigenvalue weighted by Gasteiger charge is -2.06. The van der Waals surface area contributed by atoms with Crippen molar-refractivity contribution in [2.24, 2.45) is 5.14 Å². The third kappa shape index (κ3) is 4.94. The molecule has 3 N–H and O–H groups in total. The van der Waals surface area contributed by atoms with E-state index in [4.69, 9.17) is 5.14 Å². The van der Waals surface area contributed by atoms with Crippen molar-refractivity contribution < 1.29 is 8.42 Å². The summed E-state index contributed by atoms with van der Waals surface area (Å²) in [4.78, 5) is 1.22. The van der Waals surface area contributed by atoms with E-state index < -0.39 is 10.0 Å². The molecule has 0 aliphatic heterocycles. The number of nitrogens with one attached hydrogen (secondary N) is 1.